The molecule has 94 heavy (non-hydrogen) atoms. The summed E-state index contributed by atoms with van der Waals surface area (Å²) in [5, 5.41) is 10.6. The lowest BCUT2D eigenvalue weighted by Crippen LogP contribution is -2.30. The number of unbranched alkanes of at least 4 members (excludes halogenated alkanes) is 45. The Labute approximate surface area is 573 Å². The first-order valence-electron chi connectivity index (χ1n) is 38.6. The monoisotopic (exact) mass is 1380 g/mol. The lowest BCUT2D eigenvalue weighted by atomic mass is 10.0. The maximum Gasteiger partial charge on any atom is 0.472 e. The van der Waals surface area contributed by atoms with E-state index in [4.69, 9.17) is 37.0 Å². The first-order valence-corrected chi connectivity index (χ1v) is 41.6. The number of phosphoric ester groups is 2. The van der Waals surface area contributed by atoms with Crippen LogP contribution in [-0.4, -0.2) is 96.7 Å². The second-order valence-electron chi connectivity index (χ2n) is 26.4. The summed E-state index contributed by atoms with van der Waals surface area (Å²) in [6.45, 7) is 4.83. The smallest absolute Gasteiger partial charge is 0.462 e. The molecule has 0 saturated carbocycles. The van der Waals surface area contributed by atoms with E-state index in [9.17, 15) is 43.2 Å². The first-order chi connectivity index (χ1) is 45.7. The molecule has 0 aliphatic rings. The Morgan fingerprint density at radius 3 is 0.777 bits per heavy atom. The lowest BCUT2D eigenvalue weighted by molar-refractivity contribution is -0.161. The summed E-state index contributed by atoms with van der Waals surface area (Å²) in [6.07, 6.45) is 62.2. The zero-order chi connectivity index (χ0) is 69.0. The highest BCUT2D eigenvalue weighted by atomic mass is 31.2. The van der Waals surface area contributed by atoms with Gasteiger partial charge in [-0.25, -0.2) is 9.13 Å². The van der Waals surface area contributed by atoms with Crippen molar-refractivity contribution in [1.29, 1.82) is 0 Å². The van der Waals surface area contributed by atoms with Gasteiger partial charge in [-0.2, -0.15) is 0 Å². The average molecular weight is 1380 g/mol. The van der Waals surface area contributed by atoms with Crippen molar-refractivity contribution in [2.24, 2.45) is 0 Å². The number of allylic oxidation sites excluding steroid dienone is 4. The molecule has 0 saturated heterocycles. The number of aliphatic hydroxyl groups is 1. The largest absolute Gasteiger partial charge is 0.472 e. The van der Waals surface area contributed by atoms with E-state index < -0.39 is 97.5 Å². The molecule has 3 N–H and O–H groups in total. The van der Waals surface area contributed by atoms with Crippen molar-refractivity contribution >= 4 is 39.5 Å². The van der Waals surface area contributed by atoms with Gasteiger partial charge < -0.3 is 33.8 Å². The molecule has 0 bridgehead atoms. The van der Waals surface area contributed by atoms with Crippen LogP contribution >= 0.6 is 15.6 Å². The molecule has 19 heteroatoms. The summed E-state index contributed by atoms with van der Waals surface area (Å²) in [5.41, 5.74) is 0. The molecule has 5 atom stereocenters. The fraction of sp³-hybridized carbons (Fsp3) is 0.893. The van der Waals surface area contributed by atoms with Crippen molar-refractivity contribution in [3.63, 3.8) is 0 Å². The summed E-state index contributed by atoms with van der Waals surface area (Å²) in [4.78, 5) is 72.5. The number of esters is 4. The molecule has 0 amide bonds. The van der Waals surface area contributed by atoms with Gasteiger partial charge in [0.1, 0.15) is 19.3 Å². The molecular weight excluding hydrogens is 1230 g/mol. The third kappa shape index (κ3) is 68.1. The van der Waals surface area contributed by atoms with Gasteiger partial charge in [0, 0.05) is 25.7 Å². The normalized spacial score (nSPS) is 14.1. The van der Waals surface area contributed by atoms with Crippen LogP contribution in [0.15, 0.2) is 24.3 Å². The van der Waals surface area contributed by atoms with Crippen molar-refractivity contribution in [2.45, 2.75) is 393 Å². The van der Waals surface area contributed by atoms with Crippen molar-refractivity contribution in [3.8, 4) is 0 Å². The first kappa shape index (κ1) is 91.5. The number of aliphatic hydroxyl groups excluding tert-OH is 1. The van der Waals surface area contributed by atoms with E-state index in [1.54, 1.807) is 0 Å². The number of carbonyl (C=O) groups excluding carboxylic acids is 4. The number of hydrogen-bond acceptors (Lipinski definition) is 15. The van der Waals surface area contributed by atoms with E-state index in [-0.39, 0.29) is 25.7 Å². The van der Waals surface area contributed by atoms with E-state index >= 15 is 0 Å². The number of rotatable bonds is 74. The van der Waals surface area contributed by atoms with Crippen LogP contribution in [0.4, 0.5) is 0 Å². The second-order valence-corrected chi connectivity index (χ2v) is 29.3. The molecule has 0 radical (unpaired) electrons. The molecule has 0 heterocycles. The minimum Gasteiger partial charge on any atom is -0.462 e. The summed E-state index contributed by atoms with van der Waals surface area (Å²) in [6, 6.07) is 0. The van der Waals surface area contributed by atoms with Gasteiger partial charge in [-0.3, -0.25) is 37.3 Å². The van der Waals surface area contributed by atoms with Gasteiger partial charge in [-0.1, -0.05) is 322 Å². The van der Waals surface area contributed by atoms with Crippen molar-refractivity contribution in [1.82, 2.24) is 0 Å². The highest BCUT2D eigenvalue weighted by molar-refractivity contribution is 7.47. The standard InChI is InChI=1S/C75H142O17P2/c1-5-9-13-17-20-23-26-29-32-34-37-39-42-45-48-52-56-60-73(78)86-66-71(92-75(80)62-58-54-50-47-44-41-38-35-33-30-27-24-21-18-14-10-6-2)68-90-94(83,84)88-64-69(76)63-87-93(81,82)89-67-70(65-85-72(77)59-55-51-16-12-8-4)91-74(79)61-57-53-49-46-43-40-36-31-28-25-22-19-15-11-7-3/h25,28,31,36,69-71,76H,5-24,26-27,29-30,32-35,37-68H2,1-4H3,(H,81,82)(H,83,84)/b28-25-,36-31-/t69-,70+,71+/m0/s1. The van der Waals surface area contributed by atoms with E-state index in [2.05, 4.69) is 52.0 Å². The number of phosphoric acid groups is 2. The van der Waals surface area contributed by atoms with E-state index in [1.807, 2.05) is 0 Å². The Morgan fingerprint density at radius 2 is 0.511 bits per heavy atom. The summed E-state index contributed by atoms with van der Waals surface area (Å²) >= 11 is 0. The minimum absolute atomic E-state index is 0.0846. The molecule has 0 spiro atoms. The predicted octanol–water partition coefficient (Wildman–Crippen LogP) is 21.8. The molecule has 0 aliphatic carbocycles. The van der Waals surface area contributed by atoms with Crippen LogP contribution in [0.1, 0.15) is 374 Å². The molecule has 2 unspecified atom stereocenters. The van der Waals surface area contributed by atoms with Gasteiger partial charge in [0.25, 0.3) is 0 Å². The molecule has 0 aromatic rings. The molecular formula is C75H142O17P2. The van der Waals surface area contributed by atoms with Crippen molar-refractivity contribution in [3.05, 3.63) is 24.3 Å². The molecule has 0 aromatic carbocycles. The summed E-state index contributed by atoms with van der Waals surface area (Å²) in [5.74, 6) is -2.16. The maximum atomic E-state index is 13.1. The molecule has 0 aliphatic heterocycles. The highest BCUT2D eigenvalue weighted by Gasteiger charge is 2.30. The fourth-order valence-corrected chi connectivity index (χ4v) is 12.6. The van der Waals surface area contributed by atoms with Crippen molar-refractivity contribution < 1.29 is 80.2 Å². The molecule has 0 rings (SSSR count). The van der Waals surface area contributed by atoms with Crippen LogP contribution in [0.2, 0.25) is 0 Å². The van der Waals surface area contributed by atoms with Crippen molar-refractivity contribution in [2.75, 3.05) is 39.6 Å². The third-order valence-corrected chi connectivity index (χ3v) is 18.9. The number of hydrogen-bond donors (Lipinski definition) is 3. The zero-order valence-electron chi connectivity index (χ0n) is 60.4. The molecule has 0 aromatic heterocycles. The van der Waals surface area contributed by atoms with Gasteiger partial charge >= 0.3 is 39.5 Å². The fourth-order valence-electron chi connectivity index (χ4n) is 11.0. The highest BCUT2D eigenvalue weighted by Crippen LogP contribution is 2.45. The summed E-state index contributed by atoms with van der Waals surface area (Å²) < 4.78 is 68.2. The Morgan fingerprint density at radius 1 is 0.298 bits per heavy atom. The van der Waals surface area contributed by atoms with Gasteiger partial charge in [0.15, 0.2) is 12.2 Å². The molecule has 17 nitrogen and oxygen atoms in total. The van der Waals surface area contributed by atoms with Crippen LogP contribution < -0.4 is 0 Å². The Bertz CT molecular complexity index is 1880. The van der Waals surface area contributed by atoms with Crippen LogP contribution in [0.3, 0.4) is 0 Å². The Hall–Kier alpha value is -2.46. The predicted molar refractivity (Wildman–Crippen MR) is 381 cm³/mol. The maximum absolute atomic E-state index is 13.1. The van der Waals surface area contributed by atoms with Crippen LogP contribution in [0, 0.1) is 0 Å². The quantitative estimate of drug-likeness (QED) is 0.0169. The van der Waals surface area contributed by atoms with Gasteiger partial charge in [-0.15, -0.1) is 0 Å². The average Bonchev–Trinajstić information content (AvgIpc) is 1.44. The Kier molecular flexibility index (Phi) is 67.2. The van der Waals surface area contributed by atoms with Crippen LogP contribution in [0.5, 0.6) is 0 Å². The SMILES string of the molecule is CCCCCC/C=C\C=C/CCCCCCCC(=O)O[C@H](COC(=O)CCCCCCC)COP(=O)(O)OC[C@H](O)COP(=O)(O)OC[C@@H](COC(=O)CCCCCCCCCCCCCCCCCCC)OC(=O)CCCCCCCCCCCCCCCCCCC. The van der Waals surface area contributed by atoms with Gasteiger partial charge in [0.2, 0.25) is 0 Å². The van der Waals surface area contributed by atoms with E-state index in [0.29, 0.717) is 25.7 Å². The zero-order valence-corrected chi connectivity index (χ0v) is 62.2. The number of carbonyl (C=O) groups is 4. The third-order valence-electron chi connectivity index (χ3n) is 17.0. The Balaban J connectivity index is 5.17. The second kappa shape index (κ2) is 69.0. The molecule has 0 fully saturated rings. The van der Waals surface area contributed by atoms with Crippen LogP contribution in [0.25, 0.3) is 0 Å². The topological polar surface area (TPSA) is 237 Å². The van der Waals surface area contributed by atoms with E-state index in [0.717, 1.165) is 109 Å². The van der Waals surface area contributed by atoms with Crippen LogP contribution in [-0.2, 0) is 65.4 Å². The summed E-state index contributed by atoms with van der Waals surface area (Å²) in [7, 11) is -9.91. The molecule has 554 valence electrons. The van der Waals surface area contributed by atoms with Gasteiger partial charge in [0.05, 0.1) is 26.4 Å². The lowest BCUT2D eigenvalue weighted by Gasteiger charge is -2.21. The number of ether oxygens (including phenoxy) is 4. The minimum atomic E-state index is -4.96. The van der Waals surface area contributed by atoms with Gasteiger partial charge in [-0.05, 0) is 51.4 Å². The van der Waals surface area contributed by atoms with E-state index in [1.165, 1.54) is 186 Å².